The number of benzene rings is 1. The van der Waals surface area contributed by atoms with Crippen LogP contribution in [0.4, 0.5) is 11.4 Å². The van der Waals surface area contributed by atoms with Crippen molar-refractivity contribution in [3.63, 3.8) is 0 Å². The number of carbonyl (C=O) groups is 2. The number of nitrogens with one attached hydrogen (secondary N) is 2. The Kier molecular flexibility index (Phi) is 5.07. The van der Waals surface area contributed by atoms with Crippen molar-refractivity contribution in [2.24, 2.45) is 5.92 Å². The van der Waals surface area contributed by atoms with Crippen molar-refractivity contribution < 1.29 is 9.59 Å². The van der Waals surface area contributed by atoms with E-state index in [2.05, 4.69) is 16.7 Å². The van der Waals surface area contributed by atoms with E-state index in [0.717, 1.165) is 41.9 Å². The van der Waals surface area contributed by atoms with Crippen LogP contribution in [0.15, 0.2) is 30.3 Å². The molecule has 0 unspecified atom stereocenters. The number of anilines is 2. The van der Waals surface area contributed by atoms with E-state index in [1.165, 1.54) is 36.1 Å². The van der Waals surface area contributed by atoms with Gasteiger partial charge in [-0.25, -0.2) is 0 Å². The average molecular weight is 369 g/mol. The molecule has 1 aromatic carbocycles. The molecule has 2 aromatic rings. The third kappa shape index (κ3) is 4.15. The first-order chi connectivity index (χ1) is 12.7. The summed E-state index contributed by atoms with van der Waals surface area (Å²) in [6.07, 6.45) is 9.21. The number of fused-ring (bicyclic) bond motifs is 1. The van der Waals surface area contributed by atoms with Crippen LogP contribution in [0.25, 0.3) is 0 Å². The van der Waals surface area contributed by atoms with Gasteiger partial charge in [0.2, 0.25) is 5.91 Å². The molecule has 0 atom stereocenters. The molecule has 2 amide bonds. The van der Waals surface area contributed by atoms with Gasteiger partial charge in [-0.3, -0.25) is 9.59 Å². The molecule has 2 aliphatic rings. The van der Waals surface area contributed by atoms with Crippen LogP contribution in [0.2, 0.25) is 0 Å². The predicted octanol–water partition coefficient (Wildman–Crippen LogP) is 5.01. The first-order valence-electron chi connectivity index (χ1n) is 9.53. The maximum atomic E-state index is 12.6. The first-order valence-corrected chi connectivity index (χ1v) is 10.3. The van der Waals surface area contributed by atoms with Crippen LogP contribution in [-0.4, -0.2) is 11.8 Å². The van der Waals surface area contributed by atoms with E-state index in [0.29, 0.717) is 0 Å². The first kappa shape index (κ1) is 17.3. The Morgan fingerprint density at radius 3 is 2.23 bits per heavy atom. The van der Waals surface area contributed by atoms with Crippen molar-refractivity contribution in [3.05, 3.63) is 45.6 Å². The zero-order chi connectivity index (χ0) is 17.9. The number of carbonyl (C=O) groups excluding carboxylic acids is 2. The smallest absolute Gasteiger partial charge is 0.265 e. The fourth-order valence-electron chi connectivity index (χ4n) is 3.38. The van der Waals surface area contributed by atoms with Crippen LogP contribution in [0.1, 0.15) is 58.6 Å². The lowest BCUT2D eigenvalue weighted by molar-refractivity contribution is -0.117. The van der Waals surface area contributed by atoms with Gasteiger partial charge in [0.05, 0.1) is 4.88 Å². The number of aryl methyl sites for hydroxylation is 2. The van der Waals surface area contributed by atoms with Gasteiger partial charge in [0, 0.05) is 22.2 Å². The zero-order valence-corrected chi connectivity index (χ0v) is 15.7. The van der Waals surface area contributed by atoms with Gasteiger partial charge in [-0.1, -0.05) is 12.8 Å². The Morgan fingerprint density at radius 1 is 0.885 bits per heavy atom. The monoisotopic (exact) mass is 368 g/mol. The molecule has 0 radical (unpaired) electrons. The summed E-state index contributed by atoms with van der Waals surface area (Å²) in [7, 11) is 0. The minimum atomic E-state index is -0.0449. The molecule has 4 rings (SSSR count). The van der Waals surface area contributed by atoms with Crippen molar-refractivity contribution in [1.82, 2.24) is 0 Å². The van der Waals surface area contributed by atoms with Gasteiger partial charge < -0.3 is 10.6 Å². The van der Waals surface area contributed by atoms with Crippen LogP contribution in [0.5, 0.6) is 0 Å². The summed E-state index contributed by atoms with van der Waals surface area (Å²) < 4.78 is 0. The van der Waals surface area contributed by atoms with Gasteiger partial charge >= 0.3 is 0 Å². The lowest BCUT2D eigenvalue weighted by atomic mass is 10.00. The maximum absolute atomic E-state index is 12.6. The molecule has 1 aromatic heterocycles. The number of hydrogen-bond donors (Lipinski definition) is 2. The highest BCUT2D eigenvalue weighted by molar-refractivity contribution is 7.14. The van der Waals surface area contributed by atoms with Crippen molar-refractivity contribution >= 4 is 34.5 Å². The highest BCUT2D eigenvalue weighted by atomic mass is 32.1. The summed E-state index contributed by atoms with van der Waals surface area (Å²) in [5.74, 6) is 0.238. The van der Waals surface area contributed by atoms with E-state index in [9.17, 15) is 9.59 Å². The van der Waals surface area contributed by atoms with Crippen molar-refractivity contribution in [2.75, 3.05) is 10.6 Å². The second-order valence-electron chi connectivity index (χ2n) is 7.27. The standard InChI is InChI=1S/C21H24N2O2S/c24-20(14-7-8-14)22-16-9-11-17(12-10-16)23-21(25)19-13-15-5-3-1-2-4-6-18(15)26-19/h9-14H,1-8H2,(H,22,24)(H,23,25). The molecule has 1 fully saturated rings. The molecule has 1 heterocycles. The van der Waals surface area contributed by atoms with Crippen LogP contribution in [-0.2, 0) is 17.6 Å². The predicted molar refractivity (Wildman–Crippen MR) is 106 cm³/mol. The third-order valence-corrected chi connectivity index (χ3v) is 6.31. The van der Waals surface area contributed by atoms with E-state index < -0.39 is 0 Å². The zero-order valence-electron chi connectivity index (χ0n) is 14.8. The average Bonchev–Trinajstić information content (AvgIpc) is 3.39. The van der Waals surface area contributed by atoms with Crippen LogP contribution < -0.4 is 10.6 Å². The normalized spacial score (nSPS) is 16.9. The molecule has 5 heteroatoms. The van der Waals surface area contributed by atoms with Crippen LogP contribution in [0, 0.1) is 5.92 Å². The summed E-state index contributed by atoms with van der Waals surface area (Å²) in [4.78, 5) is 26.6. The molecule has 0 aliphatic heterocycles. The molecule has 4 nitrogen and oxygen atoms in total. The van der Waals surface area contributed by atoms with Crippen molar-refractivity contribution in [1.29, 1.82) is 0 Å². The van der Waals surface area contributed by atoms with Gasteiger partial charge in [0.25, 0.3) is 5.91 Å². The summed E-state index contributed by atoms with van der Waals surface area (Å²) >= 11 is 1.64. The molecule has 0 bridgehead atoms. The summed E-state index contributed by atoms with van der Waals surface area (Å²) in [5, 5.41) is 5.88. The Hall–Kier alpha value is -2.14. The van der Waals surface area contributed by atoms with E-state index in [4.69, 9.17) is 0 Å². The summed E-state index contributed by atoms with van der Waals surface area (Å²) in [6.45, 7) is 0. The molecule has 2 N–H and O–H groups in total. The number of rotatable bonds is 4. The SMILES string of the molecule is O=C(Nc1ccc(NC(=O)C2CC2)cc1)c1cc2c(s1)CCCCCC2. The van der Waals surface area contributed by atoms with Gasteiger partial charge in [-0.2, -0.15) is 0 Å². The number of thiophene rings is 1. The second-order valence-corrected chi connectivity index (χ2v) is 8.41. The number of amides is 2. The van der Waals surface area contributed by atoms with E-state index in [1.807, 2.05) is 24.3 Å². The van der Waals surface area contributed by atoms with E-state index in [-0.39, 0.29) is 17.7 Å². The number of hydrogen-bond acceptors (Lipinski definition) is 3. The van der Waals surface area contributed by atoms with E-state index in [1.54, 1.807) is 11.3 Å². The minimum Gasteiger partial charge on any atom is -0.326 e. The van der Waals surface area contributed by atoms with Crippen LogP contribution in [0.3, 0.4) is 0 Å². The van der Waals surface area contributed by atoms with Gasteiger partial charge in [0.1, 0.15) is 0 Å². The molecule has 1 saturated carbocycles. The van der Waals surface area contributed by atoms with E-state index >= 15 is 0 Å². The third-order valence-electron chi connectivity index (χ3n) is 5.08. The molecule has 26 heavy (non-hydrogen) atoms. The molecule has 136 valence electrons. The highest BCUT2D eigenvalue weighted by Gasteiger charge is 2.29. The molecule has 2 aliphatic carbocycles. The Bertz CT molecular complexity index is 780. The Balaban J connectivity index is 1.39. The van der Waals surface area contributed by atoms with Crippen molar-refractivity contribution in [2.45, 2.75) is 51.4 Å². The summed E-state index contributed by atoms with van der Waals surface area (Å²) in [6, 6.07) is 9.42. The lowest BCUT2D eigenvalue weighted by Gasteiger charge is -2.07. The fourth-order valence-corrected chi connectivity index (χ4v) is 4.52. The second kappa shape index (κ2) is 7.62. The topological polar surface area (TPSA) is 58.2 Å². The Labute approximate surface area is 158 Å². The van der Waals surface area contributed by atoms with Gasteiger partial charge in [-0.05, 0) is 74.4 Å². The quantitative estimate of drug-likeness (QED) is 0.797. The van der Waals surface area contributed by atoms with Gasteiger partial charge in [0.15, 0.2) is 0 Å². The largest absolute Gasteiger partial charge is 0.326 e. The van der Waals surface area contributed by atoms with Crippen LogP contribution >= 0.6 is 11.3 Å². The molecular weight excluding hydrogens is 344 g/mol. The molecular formula is C21H24N2O2S. The van der Waals surface area contributed by atoms with Crippen molar-refractivity contribution in [3.8, 4) is 0 Å². The fraction of sp³-hybridized carbons (Fsp3) is 0.429. The molecule has 0 saturated heterocycles. The summed E-state index contributed by atoms with van der Waals surface area (Å²) in [5.41, 5.74) is 2.89. The highest BCUT2D eigenvalue weighted by Crippen LogP contribution is 2.31. The molecule has 0 spiro atoms. The minimum absolute atomic E-state index is 0.0449. The maximum Gasteiger partial charge on any atom is 0.265 e. The van der Waals surface area contributed by atoms with Gasteiger partial charge in [-0.15, -0.1) is 11.3 Å². The Morgan fingerprint density at radius 2 is 1.54 bits per heavy atom. The lowest BCUT2D eigenvalue weighted by Crippen LogP contribution is -2.13.